The number of aliphatic hydroxyl groups excluding tert-OH is 4. The molecule has 14 atom stereocenters. The van der Waals surface area contributed by atoms with Crippen molar-refractivity contribution in [3.8, 4) is 0 Å². The number of ether oxygens (including phenoxy) is 5. The molecular weight excluding hydrogens is 564 g/mol. The molecule has 0 radical (unpaired) electrons. The molecule has 0 aromatic rings. The summed E-state index contributed by atoms with van der Waals surface area (Å²) in [6.45, 7) is 12.0. The Balaban J connectivity index is 1.51. The molecular formula is C31H50O12. The lowest BCUT2D eigenvalue weighted by Gasteiger charge is -2.38. The van der Waals surface area contributed by atoms with Crippen molar-refractivity contribution in [3.63, 3.8) is 0 Å². The fourth-order valence-electron chi connectivity index (χ4n) is 6.53. The number of esters is 1. The highest BCUT2D eigenvalue weighted by molar-refractivity contribution is 5.73. The summed E-state index contributed by atoms with van der Waals surface area (Å²) in [4.78, 5) is 23.9. The van der Waals surface area contributed by atoms with Crippen LogP contribution in [0.1, 0.15) is 67.2 Å². The van der Waals surface area contributed by atoms with Crippen LogP contribution < -0.4 is 0 Å². The van der Waals surface area contributed by atoms with E-state index in [1.54, 1.807) is 14.0 Å². The largest absolute Gasteiger partial charge is 0.479 e. The van der Waals surface area contributed by atoms with Gasteiger partial charge in [0.25, 0.3) is 0 Å². The number of aliphatic hydroxyl groups is 4. The number of carboxylic acids is 1. The molecule has 3 aliphatic heterocycles. The summed E-state index contributed by atoms with van der Waals surface area (Å²) in [5, 5.41) is 49.1. The molecule has 43 heavy (non-hydrogen) atoms. The predicted molar refractivity (Wildman–Crippen MR) is 154 cm³/mol. The first-order chi connectivity index (χ1) is 20.1. The van der Waals surface area contributed by atoms with Crippen molar-refractivity contribution in [3.05, 3.63) is 23.8 Å². The van der Waals surface area contributed by atoms with Crippen LogP contribution in [0.5, 0.6) is 0 Å². The predicted octanol–water partition coefficient (Wildman–Crippen LogP) is 1.71. The number of allylic oxidation sites excluding steroid dienone is 3. The zero-order chi connectivity index (χ0) is 32.2. The second-order valence-corrected chi connectivity index (χ2v) is 12.8. The number of rotatable bonds is 13. The van der Waals surface area contributed by atoms with Crippen LogP contribution in [0, 0.1) is 17.8 Å². The minimum atomic E-state index is -1.87. The van der Waals surface area contributed by atoms with Crippen LogP contribution in [-0.2, 0) is 33.3 Å². The highest BCUT2D eigenvalue weighted by Gasteiger charge is 2.57. The molecule has 0 saturated carbocycles. The van der Waals surface area contributed by atoms with Crippen LogP contribution >= 0.6 is 0 Å². The lowest BCUT2D eigenvalue weighted by Crippen LogP contribution is -2.60. The Morgan fingerprint density at radius 2 is 1.72 bits per heavy atom. The molecule has 0 bridgehead atoms. The first-order valence-electron chi connectivity index (χ1n) is 15.1. The van der Waals surface area contributed by atoms with E-state index in [-0.39, 0.29) is 48.1 Å². The van der Waals surface area contributed by atoms with Gasteiger partial charge in [0, 0.05) is 13.0 Å². The van der Waals surface area contributed by atoms with Crippen molar-refractivity contribution >= 4 is 11.9 Å². The number of epoxide rings is 1. The molecule has 12 heteroatoms. The molecule has 0 spiro atoms. The van der Waals surface area contributed by atoms with E-state index in [1.165, 1.54) is 0 Å². The average molecular weight is 615 g/mol. The topological polar surface area (TPSA) is 185 Å². The van der Waals surface area contributed by atoms with E-state index in [4.69, 9.17) is 23.7 Å². The maximum atomic E-state index is 12.6. The molecule has 12 nitrogen and oxygen atoms in total. The number of methoxy groups -OCH3 is 1. The molecule has 3 aliphatic rings. The third-order valence-electron chi connectivity index (χ3n) is 8.91. The van der Waals surface area contributed by atoms with Crippen LogP contribution in [-0.4, -0.2) is 111 Å². The van der Waals surface area contributed by atoms with Crippen LogP contribution in [0.4, 0.5) is 0 Å². The summed E-state index contributed by atoms with van der Waals surface area (Å²) in [6, 6.07) is 0. The van der Waals surface area contributed by atoms with Crippen molar-refractivity contribution in [1.82, 2.24) is 0 Å². The summed E-state index contributed by atoms with van der Waals surface area (Å²) in [6.07, 6.45) is -2.41. The second-order valence-electron chi connectivity index (χ2n) is 12.8. The number of carboxylic acid groups (broad SMARTS) is 1. The van der Waals surface area contributed by atoms with E-state index in [0.717, 1.165) is 18.4 Å². The van der Waals surface area contributed by atoms with E-state index in [1.807, 2.05) is 26.0 Å². The normalized spacial score (nSPS) is 39.6. The lowest BCUT2D eigenvalue weighted by molar-refractivity contribution is -0.287. The fourth-order valence-corrected chi connectivity index (χ4v) is 6.53. The lowest BCUT2D eigenvalue weighted by atomic mass is 9.85. The second kappa shape index (κ2) is 14.9. The van der Waals surface area contributed by atoms with Gasteiger partial charge in [0.15, 0.2) is 6.10 Å². The molecule has 0 aromatic heterocycles. The number of carbonyl (C=O) groups excluding carboxylic acids is 1. The highest BCUT2D eigenvalue weighted by atomic mass is 16.7. The third-order valence-corrected chi connectivity index (χ3v) is 8.91. The van der Waals surface area contributed by atoms with E-state index in [0.29, 0.717) is 6.42 Å². The summed E-state index contributed by atoms with van der Waals surface area (Å²) in [7, 11) is 1.60. The minimum Gasteiger partial charge on any atom is -0.479 e. The van der Waals surface area contributed by atoms with Gasteiger partial charge < -0.3 is 49.2 Å². The van der Waals surface area contributed by atoms with Gasteiger partial charge in [-0.2, -0.15) is 0 Å². The number of aliphatic carboxylic acids is 1. The maximum absolute atomic E-state index is 12.6. The van der Waals surface area contributed by atoms with E-state index >= 15 is 0 Å². The van der Waals surface area contributed by atoms with Crippen molar-refractivity contribution < 1.29 is 58.8 Å². The molecule has 0 aromatic carbocycles. The summed E-state index contributed by atoms with van der Waals surface area (Å²) < 4.78 is 28.0. The highest BCUT2D eigenvalue weighted by Crippen LogP contribution is 2.47. The Kier molecular flexibility index (Phi) is 12.3. The molecule has 3 rings (SSSR count). The Hall–Kier alpha value is -1.90. The Bertz CT molecular complexity index is 1010. The molecule has 3 saturated heterocycles. The molecule has 3 heterocycles. The van der Waals surface area contributed by atoms with Crippen molar-refractivity contribution in [2.75, 3.05) is 7.11 Å². The van der Waals surface area contributed by atoms with Gasteiger partial charge in [-0.1, -0.05) is 39.0 Å². The van der Waals surface area contributed by atoms with Gasteiger partial charge in [0.2, 0.25) is 6.29 Å². The molecule has 5 unspecified atom stereocenters. The molecule has 0 aliphatic carbocycles. The first kappa shape index (κ1) is 35.6. The SMILES string of the molecule is CO[C@H]([C@@H](C)[C@H]1O[C@]1(C)C[C@H](C)/C=C/C=C(\C)[C@@H]1O[C@@H](CC(=O)OC2OC(C(=O)O)C(O)C(O)C2O)CC[C@@H]1C)[C@@H](C)O. The van der Waals surface area contributed by atoms with Gasteiger partial charge in [-0.25, -0.2) is 4.79 Å². The number of carbonyl (C=O) groups is 2. The smallest absolute Gasteiger partial charge is 0.335 e. The average Bonchev–Trinajstić information content (AvgIpc) is 3.59. The van der Waals surface area contributed by atoms with Crippen LogP contribution in [0.15, 0.2) is 23.8 Å². The van der Waals surface area contributed by atoms with Crippen LogP contribution in [0.3, 0.4) is 0 Å². The van der Waals surface area contributed by atoms with Gasteiger partial charge in [-0.05, 0) is 57.4 Å². The van der Waals surface area contributed by atoms with Crippen molar-refractivity contribution in [2.45, 2.75) is 134 Å². The van der Waals surface area contributed by atoms with Gasteiger partial charge in [0.1, 0.15) is 18.3 Å². The van der Waals surface area contributed by atoms with E-state index in [2.05, 4.69) is 26.8 Å². The van der Waals surface area contributed by atoms with Gasteiger partial charge in [0.05, 0.1) is 42.5 Å². The number of hydrogen-bond donors (Lipinski definition) is 5. The van der Waals surface area contributed by atoms with Crippen LogP contribution in [0.25, 0.3) is 0 Å². The minimum absolute atomic E-state index is 0.0171. The molecule has 0 amide bonds. The summed E-state index contributed by atoms with van der Waals surface area (Å²) in [5.41, 5.74) is 0.725. The van der Waals surface area contributed by atoms with Crippen molar-refractivity contribution in [2.24, 2.45) is 17.8 Å². The van der Waals surface area contributed by atoms with Gasteiger partial charge in [-0.3, -0.25) is 4.79 Å². The monoisotopic (exact) mass is 614 g/mol. The quantitative estimate of drug-likeness (QED) is 0.115. The molecule has 246 valence electrons. The third kappa shape index (κ3) is 8.85. The Labute approximate surface area is 253 Å². The summed E-state index contributed by atoms with van der Waals surface area (Å²) in [5.74, 6) is -1.82. The molecule has 5 N–H and O–H groups in total. The first-order valence-corrected chi connectivity index (χ1v) is 15.1. The van der Waals surface area contributed by atoms with E-state index in [9.17, 15) is 35.1 Å². The van der Waals surface area contributed by atoms with Gasteiger partial charge in [-0.15, -0.1) is 0 Å². The van der Waals surface area contributed by atoms with Crippen LogP contribution in [0.2, 0.25) is 0 Å². The summed E-state index contributed by atoms with van der Waals surface area (Å²) >= 11 is 0. The van der Waals surface area contributed by atoms with Crippen molar-refractivity contribution in [1.29, 1.82) is 0 Å². The Morgan fingerprint density at radius 1 is 1.05 bits per heavy atom. The zero-order valence-electron chi connectivity index (χ0n) is 26.2. The Morgan fingerprint density at radius 3 is 2.33 bits per heavy atom. The maximum Gasteiger partial charge on any atom is 0.335 e. The number of hydrogen-bond acceptors (Lipinski definition) is 11. The van der Waals surface area contributed by atoms with E-state index < -0.39 is 54.9 Å². The van der Waals surface area contributed by atoms with Gasteiger partial charge >= 0.3 is 11.9 Å². The fraction of sp³-hybridized carbons (Fsp3) is 0.806. The molecule has 3 fully saturated rings. The standard InChI is InChI=1S/C31H50O12/c1-15(14-31(6)28(43-31)18(4)26(39-7)19(5)32)9-8-10-16(2)25-17(3)11-12-20(40-25)13-21(33)41-30-24(36)22(34)23(35)27(42-30)29(37)38/h8-10,15,17-20,22-28,30,32,34-36H,11-14H2,1-7H3,(H,37,38)/b9-8+,16-10+/t15-,17+,18-,19-,20-,22?,23?,24?,25+,26-,27?,28-,30?,31-/m1/s1. The zero-order valence-corrected chi connectivity index (χ0v) is 26.2.